The number of hydroxylamine groups is 1. The zero-order valence-corrected chi connectivity index (χ0v) is 19.1. The Bertz CT molecular complexity index is 859. The van der Waals surface area contributed by atoms with Gasteiger partial charge in [0.2, 0.25) is 21.8 Å². The summed E-state index contributed by atoms with van der Waals surface area (Å²) >= 11 is 2.08. The summed E-state index contributed by atoms with van der Waals surface area (Å²) in [6.07, 6.45) is 0.992. The second kappa shape index (κ2) is 10.9. The molecule has 1 fully saturated rings. The van der Waals surface area contributed by atoms with E-state index in [1.54, 1.807) is 19.1 Å². The van der Waals surface area contributed by atoms with E-state index < -0.39 is 22.0 Å². The summed E-state index contributed by atoms with van der Waals surface area (Å²) in [6.45, 7) is 6.14. The van der Waals surface area contributed by atoms with Crippen LogP contribution in [-0.2, 0) is 24.4 Å². The molecule has 0 aliphatic carbocycles. The smallest absolute Gasteiger partial charge is 0.241 e. The van der Waals surface area contributed by atoms with Crippen molar-refractivity contribution in [1.29, 1.82) is 0 Å². The highest BCUT2D eigenvalue weighted by Gasteiger charge is 2.33. The van der Waals surface area contributed by atoms with Gasteiger partial charge in [0.15, 0.2) is 0 Å². The lowest BCUT2D eigenvalue weighted by Gasteiger charge is -2.32. The number of amides is 2. The van der Waals surface area contributed by atoms with Crippen LogP contribution in [0, 0.1) is 3.57 Å². The molecule has 1 atom stereocenters. The average Bonchev–Trinajstić information content (AvgIpc) is 2.64. The number of nitrogens with one attached hydrogen (secondary N) is 3. The van der Waals surface area contributed by atoms with Crippen molar-refractivity contribution in [2.45, 2.75) is 30.7 Å². The molecule has 11 heteroatoms. The van der Waals surface area contributed by atoms with Crippen molar-refractivity contribution in [3.8, 4) is 0 Å². The molecule has 0 radical (unpaired) electrons. The van der Waals surface area contributed by atoms with Gasteiger partial charge in [-0.05, 0) is 66.6 Å². The van der Waals surface area contributed by atoms with E-state index in [1.807, 2.05) is 0 Å². The Morgan fingerprint density at radius 2 is 2.07 bits per heavy atom. The zero-order chi connectivity index (χ0) is 21.4. The van der Waals surface area contributed by atoms with Crippen LogP contribution in [0.25, 0.3) is 0 Å². The summed E-state index contributed by atoms with van der Waals surface area (Å²) in [5.41, 5.74) is 3.22. The van der Waals surface area contributed by atoms with Crippen molar-refractivity contribution >= 4 is 44.4 Å². The Hall–Kier alpha value is -1.70. The second-order valence-corrected chi connectivity index (χ2v) is 9.57. The quantitative estimate of drug-likeness (QED) is 0.234. The maximum absolute atomic E-state index is 12.6. The van der Waals surface area contributed by atoms with Gasteiger partial charge < -0.3 is 10.2 Å². The molecule has 1 aliphatic rings. The van der Waals surface area contributed by atoms with E-state index in [4.69, 9.17) is 4.84 Å². The van der Waals surface area contributed by atoms with E-state index in [1.165, 1.54) is 17.0 Å². The summed E-state index contributed by atoms with van der Waals surface area (Å²) in [6, 6.07) is 5.47. The van der Waals surface area contributed by atoms with Gasteiger partial charge in [0.25, 0.3) is 0 Å². The Kier molecular flexibility index (Phi) is 8.86. The van der Waals surface area contributed by atoms with E-state index in [0.29, 0.717) is 25.1 Å². The van der Waals surface area contributed by atoms with Crippen molar-refractivity contribution < 1.29 is 27.1 Å². The maximum atomic E-state index is 12.6. The molecule has 0 spiro atoms. The molecular formula is C18H31IN4O5S. The molecule has 2 amide bonds. The lowest BCUT2D eigenvalue weighted by atomic mass is 10.1. The molecule has 29 heavy (non-hydrogen) atoms. The molecule has 0 aromatic heterocycles. The first-order chi connectivity index (χ1) is 13.7. The molecule has 1 saturated heterocycles. The van der Waals surface area contributed by atoms with Crippen LogP contribution in [-0.4, -0.2) is 57.4 Å². The third-order valence-corrected chi connectivity index (χ3v) is 6.27. The fourth-order valence-corrected chi connectivity index (χ4v) is 4.30. The third kappa shape index (κ3) is 7.57. The fraction of sp³-hybridized carbons (Fsp3) is 0.444. The van der Waals surface area contributed by atoms with Gasteiger partial charge >= 0.3 is 0 Å². The van der Waals surface area contributed by atoms with Crippen molar-refractivity contribution in [3.63, 3.8) is 0 Å². The second-order valence-electron chi connectivity index (χ2n) is 6.61. The number of carbonyl (C=O) groups excluding carboxylic acids is 2. The van der Waals surface area contributed by atoms with Gasteiger partial charge in [-0.2, -0.15) is 4.72 Å². The van der Waals surface area contributed by atoms with Crippen LogP contribution in [0.4, 0.5) is 0 Å². The van der Waals surface area contributed by atoms with E-state index in [0.717, 1.165) is 3.57 Å². The van der Waals surface area contributed by atoms with Crippen molar-refractivity contribution in [3.05, 3.63) is 40.1 Å². The summed E-state index contributed by atoms with van der Waals surface area (Å²) in [5.74, 6) is -0.737. The van der Waals surface area contributed by atoms with Gasteiger partial charge in [-0.1, -0.05) is 6.58 Å². The number of allylic oxidation sites excluding steroid dienone is 1. The zero-order valence-electron chi connectivity index (χ0n) is 16.1. The third-order valence-electron chi connectivity index (χ3n) is 4.06. The first-order valence-corrected chi connectivity index (χ1v) is 11.6. The van der Waals surface area contributed by atoms with E-state index in [-0.39, 0.29) is 34.8 Å². The Balaban J connectivity index is 0. The number of nitrogens with zero attached hydrogens (tertiary/aromatic N) is 1. The molecule has 1 aromatic rings. The topological polar surface area (TPSA) is 117 Å². The van der Waals surface area contributed by atoms with E-state index in [9.17, 15) is 18.0 Å². The molecule has 0 unspecified atom stereocenters. The predicted octanol–water partition coefficient (Wildman–Crippen LogP) is 1.47. The molecule has 1 aliphatic heterocycles. The molecule has 3 N–H and O–H groups in total. The Morgan fingerprint density at radius 1 is 1.38 bits per heavy atom. The minimum absolute atomic E-state index is 0. The molecule has 2 rings (SSSR count). The Morgan fingerprint density at radius 3 is 2.72 bits per heavy atom. The molecule has 1 aromatic carbocycles. The van der Waals surface area contributed by atoms with Crippen molar-refractivity contribution in [1.82, 2.24) is 20.4 Å². The number of hydrogen-bond acceptors (Lipinski definition) is 6. The van der Waals surface area contributed by atoms with E-state index >= 15 is 0 Å². The SMILES string of the molecule is C=C(C)NOCCNC(=O)CN1CCC[C@H](NS(=O)(=O)c2ccc(I)cc2)C1=O.[HH].[HH].[HH]. The highest BCUT2D eigenvalue weighted by atomic mass is 127. The largest absolute Gasteiger partial charge is 0.352 e. The lowest BCUT2D eigenvalue weighted by Crippen LogP contribution is -2.54. The summed E-state index contributed by atoms with van der Waals surface area (Å²) in [7, 11) is -3.82. The predicted molar refractivity (Wildman–Crippen MR) is 122 cm³/mol. The van der Waals surface area contributed by atoms with Gasteiger partial charge in [-0.15, -0.1) is 0 Å². The number of halogens is 1. The minimum atomic E-state index is -3.82. The fourth-order valence-electron chi connectivity index (χ4n) is 2.72. The number of hydrogen-bond donors (Lipinski definition) is 3. The number of benzene rings is 1. The summed E-state index contributed by atoms with van der Waals surface area (Å²) in [4.78, 5) is 31.2. The number of likely N-dealkylation sites (tertiary alicyclic amines) is 1. The molecule has 0 bridgehead atoms. The molecular weight excluding hydrogens is 511 g/mol. The number of rotatable bonds is 10. The van der Waals surface area contributed by atoms with Crippen molar-refractivity contribution in [2.75, 3.05) is 26.2 Å². The number of piperidine rings is 1. The van der Waals surface area contributed by atoms with Crippen LogP contribution in [0.15, 0.2) is 41.4 Å². The lowest BCUT2D eigenvalue weighted by molar-refractivity contribution is -0.139. The van der Waals surface area contributed by atoms with Crippen LogP contribution < -0.4 is 15.5 Å². The van der Waals surface area contributed by atoms with Crippen LogP contribution in [0.5, 0.6) is 0 Å². The van der Waals surface area contributed by atoms with Gasteiger partial charge in [0, 0.05) is 26.6 Å². The van der Waals surface area contributed by atoms with Crippen LogP contribution in [0.3, 0.4) is 0 Å². The van der Waals surface area contributed by atoms with Crippen LogP contribution >= 0.6 is 22.6 Å². The van der Waals surface area contributed by atoms with Gasteiger partial charge in [0.05, 0.1) is 18.0 Å². The number of sulfonamides is 1. The molecule has 166 valence electrons. The van der Waals surface area contributed by atoms with Gasteiger partial charge in [-0.25, -0.2) is 8.42 Å². The van der Waals surface area contributed by atoms with Crippen LogP contribution in [0.2, 0.25) is 0 Å². The minimum Gasteiger partial charge on any atom is -0.352 e. The average molecular weight is 542 g/mol. The monoisotopic (exact) mass is 542 g/mol. The summed E-state index contributed by atoms with van der Waals surface area (Å²) in [5, 5.41) is 2.65. The highest BCUT2D eigenvalue weighted by molar-refractivity contribution is 14.1. The summed E-state index contributed by atoms with van der Waals surface area (Å²) < 4.78 is 28.5. The Labute approximate surface area is 188 Å². The molecule has 1 heterocycles. The highest BCUT2D eigenvalue weighted by Crippen LogP contribution is 2.17. The van der Waals surface area contributed by atoms with Gasteiger partial charge in [0.1, 0.15) is 6.04 Å². The molecule has 0 saturated carbocycles. The van der Waals surface area contributed by atoms with Gasteiger partial charge in [-0.3, -0.25) is 19.9 Å². The van der Waals surface area contributed by atoms with E-state index in [2.05, 4.69) is 44.7 Å². The molecule has 9 nitrogen and oxygen atoms in total. The number of carbonyl (C=O) groups is 2. The first kappa shape index (κ1) is 23.6. The normalized spacial score (nSPS) is 17.1. The first-order valence-electron chi connectivity index (χ1n) is 9.06. The van der Waals surface area contributed by atoms with Crippen molar-refractivity contribution in [2.24, 2.45) is 0 Å². The maximum Gasteiger partial charge on any atom is 0.241 e. The van der Waals surface area contributed by atoms with Crippen LogP contribution in [0.1, 0.15) is 24.0 Å². The standard InChI is InChI=1S/C18H25IN4O5S.3H2/c1-13(2)21-28-11-9-20-17(24)12-23-10-3-4-16(18(23)25)22-29(26,27)15-7-5-14(19)6-8-15;;;/h5-8,16,21-22H,1,3-4,9-12H2,2H3,(H,20,24);3*1H/t16-;;;/m0.../s1.